The van der Waals surface area contributed by atoms with Crippen molar-refractivity contribution in [3.05, 3.63) is 12.7 Å². The van der Waals surface area contributed by atoms with Gasteiger partial charge < -0.3 is 20.7 Å². The van der Waals surface area contributed by atoms with Crippen LogP contribution in [-0.2, 0) is 4.74 Å². The number of nitrogens with two attached hydrogens (primary N) is 1. The summed E-state index contributed by atoms with van der Waals surface area (Å²) in [6.07, 6.45) is -0.336. The zero-order chi connectivity index (χ0) is 16.6. The molecule has 3 heterocycles. The second kappa shape index (κ2) is 6.60. The molecule has 8 nitrogen and oxygen atoms in total. The van der Waals surface area contributed by atoms with E-state index in [1.807, 2.05) is 0 Å². The van der Waals surface area contributed by atoms with Crippen LogP contribution in [0.2, 0.25) is 0 Å². The summed E-state index contributed by atoms with van der Waals surface area (Å²) < 4.78 is 7.45. The molecular weight excluding hydrogens is 318 g/mol. The molecule has 1 aliphatic heterocycles. The molecule has 0 radical (unpaired) electrons. The van der Waals surface area contributed by atoms with Gasteiger partial charge in [0.05, 0.1) is 12.4 Å². The molecule has 0 saturated carbocycles. The summed E-state index contributed by atoms with van der Waals surface area (Å²) in [5.41, 5.74) is 6.70. The van der Waals surface area contributed by atoms with Crippen LogP contribution in [0.1, 0.15) is 20.1 Å². The van der Waals surface area contributed by atoms with E-state index in [0.29, 0.717) is 22.8 Å². The summed E-state index contributed by atoms with van der Waals surface area (Å²) in [6, 6.07) is 0. The molecule has 2 aromatic rings. The molecule has 9 heteroatoms. The molecule has 4 N–H and O–H groups in total. The lowest BCUT2D eigenvalue weighted by Gasteiger charge is -2.16. The number of nitrogens with zero attached hydrogens (tertiary/aromatic N) is 4. The third kappa shape index (κ3) is 3.14. The smallest absolute Gasteiger partial charge is 0.167 e. The molecule has 2 aromatic heterocycles. The first-order chi connectivity index (χ1) is 11.0. The Morgan fingerprint density at radius 1 is 1.30 bits per heavy atom. The first kappa shape index (κ1) is 16.4. The summed E-state index contributed by atoms with van der Waals surface area (Å²) in [5, 5.41) is 20.6. The van der Waals surface area contributed by atoms with Gasteiger partial charge in [0.15, 0.2) is 17.7 Å². The van der Waals surface area contributed by atoms with Crippen LogP contribution < -0.4 is 5.73 Å². The number of anilines is 1. The van der Waals surface area contributed by atoms with Gasteiger partial charge in [-0.1, -0.05) is 13.8 Å². The topological polar surface area (TPSA) is 119 Å². The van der Waals surface area contributed by atoms with Gasteiger partial charge >= 0.3 is 0 Å². The number of thioether (sulfide) groups is 1. The van der Waals surface area contributed by atoms with E-state index in [9.17, 15) is 10.2 Å². The highest BCUT2D eigenvalue weighted by molar-refractivity contribution is 7.99. The SMILES string of the molecule is CC(C)CSC[C@H]1O[C@H](n2cnc3c(N)ncnc32)[C@@H](O)[C@@H]1O. The number of ether oxygens (including phenoxy) is 1. The molecule has 4 atom stereocenters. The van der Waals surface area contributed by atoms with E-state index >= 15 is 0 Å². The van der Waals surface area contributed by atoms with Crippen molar-refractivity contribution < 1.29 is 14.9 Å². The molecule has 1 aliphatic rings. The van der Waals surface area contributed by atoms with Gasteiger partial charge in [0.25, 0.3) is 0 Å². The summed E-state index contributed by atoms with van der Waals surface area (Å²) in [6.45, 7) is 4.27. The van der Waals surface area contributed by atoms with E-state index in [1.165, 1.54) is 12.7 Å². The zero-order valence-electron chi connectivity index (χ0n) is 13.0. The molecule has 23 heavy (non-hydrogen) atoms. The highest BCUT2D eigenvalue weighted by Crippen LogP contribution is 2.33. The lowest BCUT2D eigenvalue weighted by molar-refractivity contribution is -0.0289. The van der Waals surface area contributed by atoms with Crippen LogP contribution >= 0.6 is 11.8 Å². The molecule has 126 valence electrons. The van der Waals surface area contributed by atoms with Gasteiger partial charge in [-0.15, -0.1) is 0 Å². The minimum atomic E-state index is -1.05. The maximum atomic E-state index is 10.3. The summed E-state index contributed by atoms with van der Waals surface area (Å²) >= 11 is 1.70. The Kier molecular flexibility index (Phi) is 4.72. The van der Waals surface area contributed by atoms with Gasteiger partial charge in [-0.3, -0.25) is 4.57 Å². The Bertz CT molecular complexity index is 679. The van der Waals surface area contributed by atoms with Crippen molar-refractivity contribution in [1.29, 1.82) is 0 Å². The lowest BCUT2D eigenvalue weighted by Crippen LogP contribution is -2.32. The lowest BCUT2D eigenvalue weighted by atomic mass is 10.1. The molecule has 0 aliphatic carbocycles. The third-order valence-electron chi connectivity index (χ3n) is 3.73. The fourth-order valence-corrected chi connectivity index (χ4v) is 3.69. The van der Waals surface area contributed by atoms with Gasteiger partial charge in [-0.25, -0.2) is 15.0 Å². The summed E-state index contributed by atoms with van der Waals surface area (Å²) in [5.74, 6) is 2.43. The molecule has 0 unspecified atom stereocenters. The standard InChI is InChI=1S/C14H21N5O3S/c1-7(2)3-23-4-8-10(20)11(21)14(22-8)19-6-18-9-12(15)16-5-17-13(9)19/h5-8,10-11,14,20-21H,3-4H2,1-2H3,(H2,15,16,17)/t8-,10-,11+,14+/m1/s1. The number of aliphatic hydroxyl groups excluding tert-OH is 2. The van der Waals surface area contributed by atoms with Crippen molar-refractivity contribution in [3.63, 3.8) is 0 Å². The first-order valence-electron chi connectivity index (χ1n) is 7.51. The number of aliphatic hydroxyl groups is 2. The van der Waals surface area contributed by atoms with E-state index in [1.54, 1.807) is 16.3 Å². The molecule has 1 fully saturated rings. The van der Waals surface area contributed by atoms with Crippen LogP contribution in [0.25, 0.3) is 11.2 Å². The number of rotatable bonds is 5. The zero-order valence-corrected chi connectivity index (χ0v) is 13.8. The first-order valence-corrected chi connectivity index (χ1v) is 8.67. The fourth-order valence-electron chi connectivity index (χ4n) is 2.57. The van der Waals surface area contributed by atoms with Crippen molar-refractivity contribution in [3.8, 4) is 0 Å². The van der Waals surface area contributed by atoms with Crippen molar-refractivity contribution in [2.24, 2.45) is 5.92 Å². The van der Waals surface area contributed by atoms with Crippen molar-refractivity contribution in [2.75, 3.05) is 17.2 Å². The van der Waals surface area contributed by atoms with Crippen molar-refractivity contribution >= 4 is 28.7 Å². The average molecular weight is 339 g/mol. The summed E-state index contributed by atoms with van der Waals surface area (Å²) in [4.78, 5) is 12.2. The Balaban J connectivity index is 1.78. The number of hydrogen-bond donors (Lipinski definition) is 3. The van der Waals surface area contributed by atoms with Crippen LogP contribution in [0, 0.1) is 5.92 Å². The number of imidazole rings is 1. The van der Waals surface area contributed by atoms with Crippen LogP contribution in [0.15, 0.2) is 12.7 Å². The molecular formula is C14H21N5O3S. The van der Waals surface area contributed by atoms with E-state index in [-0.39, 0.29) is 5.82 Å². The third-order valence-corrected chi connectivity index (χ3v) is 5.20. The largest absolute Gasteiger partial charge is 0.387 e. The van der Waals surface area contributed by atoms with Crippen LogP contribution in [0.4, 0.5) is 5.82 Å². The van der Waals surface area contributed by atoms with Crippen LogP contribution in [-0.4, -0.2) is 59.5 Å². The van der Waals surface area contributed by atoms with Gasteiger partial charge in [0, 0.05) is 5.75 Å². The van der Waals surface area contributed by atoms with Gasteiger partial charge in [-0.2, -0.15) is 11.8 Å². The Morgan fingerprint density at radius 2 is 2.09 bits per heavy atom. The van der Waals surface area contributed by atoms with Gasteiger partial charge in [-0.05, 0) is 11.7 Å². The predicted octanol–water partition coefficient (Wildman–Crippen LogP) is 0.417. The Labute approximate surface area is 138 Å². The second-order valence-electron chi connectivity index (χ2n) is 6.06. The van der Waals surface area contributed by atoms with Gasteiger partial charge in [0.1, 0.15) is 24.1 Å². The maximum absolute atomic E-state index is 10.3. The number of hydrogen-bond acceptors (Lipinski definition) is 8. The number of aromatic nitrogens is 4. The summed E-state index contributed by atoms with van der Waals surface area (Å²) in [7, 11) is 0. The normalized spacial score (nSPS) is 28.0. The van der Waals surface area contributed by atoms with Crippen LogP contribution in [0.3, 0.4) is 0 Å². The molecule has 0 amide bonds. The molecule has 0 bridgehead atoms. The minimum Gasteiger partial charge on any atom is -0.387 e. The van der Waals surface area contributed by atoms with Crippen molar-refractivity contribution in [2.45, 2.75) is 38.4 Å². The minimum absolute atomic E-state index is 0.269. The number of fused-ring (bicyclic) bond motifs is 1. The molecule has 0 aromatic carbocycles. The van der Waals surface area contributed by atoms with E-state index in [4.69, 9.17) is 10.5 Å². The molecule has 0 spiro atoms. The quantitative estimate of drug-likeness (QED) is 0.717. The molecule has 1 saturated heterocycles. The fraction of sp³-hybridized carbons (Fsp3) is 0.643. The number of nitrogen functional groups attached to an aromatic ring is 1. The highest BCUT2D eigenvalue weighted by atomic mass is 32.2. The van der Waals surface area contributed by atoms with E-state index in [2.05, 4.69) is 28.8 Å². The van der Waals surface area contributed by atoms with E-state index < -0.39 is 24.5 Å². The highest BCUT2D eigenvalue weighted by Gasteiger charge is 2.44. The van der Waals surface area contributed by atoms with Crippen molar-refractivity contribution in [1.82, 2.24) is 19.5 Å². The van der Waals surface area contributed by atoms with Gasteiger partial charge in [0.2, 0.25) is 0 Å². The monoisotopic (exact) mass is 339 g/mol. The second-order valence-corrected chi connectivity index (χ2v) is 7.14. The van der Waals surface area contributed by atoms with Crippen LogP contribution in [0.5, 0.6) is 0 Å². The Hall–Kier alpha value is -1.42. The molecule has 3 rings (SSSR count). The Morgan fingerprint density at radius 3 is 2.83 bits per heavy atom. The predicted molar refractivity (Wildman–Crippen MR) is 87.8 cm³/mol. The average Bonchev–Trinajstić information content (AvgIpc) is 3.04. The maximum Gasteiger partial charge on any atom is 0.167 e. The van der Waals surface area contributed by atoms with E-state index in [0.717, 1.165) is 5.75 Å².